The molecule has 2 nitrogen and oxygen atoms in total. The van der Waals surface area contributed by atoms with Crippen LogP contribution in [0.15, 0.2) is 30.3 Å². The SMILES string of the molecule is [SiH3]OCCCCNc1ccccc1. The van der Waals surface area contributed by atoms with E-state index >= 15 is 0 Å². The fraction of sp³-hybridized carbons (Fsp3) is 0.400. The van der Waals surface area contributed by atoms with Crippen LogP contribution in [0.4, 0.5) is 5.69 Å². The van der Waals surface area contributed by atoms with E-state index in [0.717, 1.165) is 30.1 Å². The molecule has 0 saturated heterocycles. The zero-order valence-corrected chi connectivity index (χ0v) is 10.1. The molecule has 0 aliphatic heterocycles. The number of rotatable bonds is 6. The third kappa shape index (κ3) is 4.70. The summed E-state index contributed by atoms with van der Waals surface area (Å²) in [6, 6.07) is 10.3. The minimum absolute atomic E-state index is 0.863. The van der Waals surface area contributed by atoms with Crippen LogP contribution >= 0.6 is 0 Å². The van der Waals surface area contributed by atoms with Gasteiger partial charge in [0.2, 0.25) is 0 Å². The summed E-state index contributed by atoms with van der Waals surface area (Å²) in [6.45, 7) is 1.96. The monoisotopic (exact) mass is 195 g/mol. The first kappa shape index (κ1) is 10.3. The van der Waals surface area contributed by atoms with Gasteiger partial charge in [0.05, 0.1) is 0 Å². The molecule has 1 N–H and O–H groups in total. The first-order valence-corrected chi connectivity index (χ1v) is 5.53. The number of unbranched alkanes of at least 4 members (excludes halogenated alkanes) is 1. The molecule has 3 heteroatoms. The summed E-state index contributed by atoms with van der Waals surface area (Å²) >= 11 is 0. The lowest BCUT2D eigenvalue weighted by molar-refractivity contribution is 0.338. The molecule has 0 spiro atoms. The molecule has 1 rings (SSSR count). The molecule has 0 aliphatic rings. The minimum atomic E-state index is 0.863. The summed E-state index contributed by atoms with van der Waals surface area (Å²) in [7, 11) is 0.863. The molecule has 0 atom stereocenters. The summed E-state index contributed by atoms with van der Waals surface area (Å²) in [5.74, 6) is 0. The molecule has 0 fully saturated rings. The average molecular weight is 195 g/mol. The van der Waals surface area contributed by atoms with Crippen LogP contribution in [0.2, 0.25) is 0 Å². The number of hydrogen-bond acceptors (Lipinski definition) is 2. The van der Waals surface area contributed by atoms with Gasteiger partial charge in [-0.2, -0.15) is 0 Å². The molecule has 0 bridgehead atoms. The van der Waals surface area contributed by atoms with E-state index in [1.54, 1.807) is 0 Å². The molecule has 13 heavy (non-hydrogen) atoms. The van der Waals surface area contributed by atoms with Crippen LogP contribution in [0.5, 0.6) is 0 Å². The van der Waals surface area contributed by atoms with Crippen molar-refractivity contribution in [3.63, 3.8) is 0 Å². The van der Waals surface area contributed by atoms with Crippen molar-refractivity contribution in [2.75, 3.05) is 18.5 Å². The van der Waals surface area contributed by atoms with Crippen molar-refractivity contribution in [3.05, 3.63) is 30.3 Å². The van der Waals surface area contributed by atoms with E-state index in [-0.39, 0.29) is 0 Å². The van der Waals surface area contributed by atoms with Gasteiger partial charge in [-0.05, 0) is 25.0 Å². The molecule has 0 unspecified atom stereocenters. The zero-order valence-electron chi connectivity index (χ0n) is 8.12. The number of hydrogen-bond donors (Lipinski definition) is 1. The van der Waals surface area contributed by atoms with Crippen molar-refractivity contribution >= 4 is 16.2 Å². The summed E-state index contributed by atoms with van der Waals surface area (Å²) in [4.78, 5) is 0. The molecule has 0 aliphatic carbocycles. The average Bonchev–Trinajstić information content (AvgIpc) is 2.19. The maximum atomic E-state index is 5.11. The van der Waals surface area contributed by atoms with Gasteiger partial charge in [-0.3, -0.25) is 0 Å². The number of anilines is 1. The Morgan fingerprint density at radius 2 is 1.92 bits per heavy atom. The quantitative estimate of drug-likeness (QED) is 0.543. The Morgan fingerprint density at radius 3 is 2.62 bits per heavy atom. The summed E-state index contributed by atoms with van der Waals surface area (Å²) in [5.41, 5.74) is 1.20. The van der Waals surface area contributed by atoms with E-state index < -0.39 is 0 Å². The highest BCUT2D eigenvalue weighted by atomic mass is 28.2. The first-order valence-electron chi connectivity index (χ1n) is 4.71. The fourth-order valence-corrected chi connectivity index (χ4v) is 1.45. The van der Waals surface area contributed by atoms with E-state index in [1.807, 2.05) is 18.2 Å². The Bertz CT molecular complexity index is 215. The van der Waals surface area contributed by atoms with Gasteiger partial charge < -0.3 is 9.74 Å². The molecule has 72 valence electrons. The van der Waals surface area contributed by atoms with Gasteiger partial charge >= 0.3 is 0 Å². The maximum Gasteiger partial charge on any atom is 0.145 e. The molecule has 0 radical (unpaired) electrons. The predicted molar refractivity (Wildman–Crippen MR) is 60.1 cm³/mol. The van der Waals surface area contributed by atoms with Crippen LogP contribution in [-0.4, -0.2) is 23.6 Å². The highest BCUT2D eigenvalue weighted by Crippen LogP contribution is 2.04. The third-order valence-corrected chi connectivity index (χ3v) is 2.29. The van der Waals surface area contributed by atoms with Crippen LogP contribution in [0.1, 0.15) is 12.8 Å². The lowest BCUT2D eigenvalue weighted by Gasteiger charge is -2.05. The van der Waals surface area contributed by atoms with Crippen molar-refractivity contribution in [3.8, 4) is 0 Å². The second-order valence-corrected chi connectivity index (χ2v) is 3.57. The number of benzene rings is 1. The first-order chi connectivity index (χ1) is 6.43. The highest BCUT2D eigenvalue weighted by Gasteiger charge is 1.89. The van der Waals surface area contributed by atoms with Gasteiger partial charge in [0.25, 0.3) is 0 Å². The number of para-hydroxylation sites is 1. The predicted octanol–water partition coefficient (Wildman–Crippen LogP) is 1.18. The Balaban J connectivity index is 2.07. The van der Waals surface area contributed by atoms with E-state index in [0.29, 0.717) is 0 Å². The van der Waals surface area contributed by atoms with Crippen LogP contribution in [0.25, 0.3) is 0 Å². The molecular weight excluding hydrogens is 178 g/mol. The van der Waals surface area contributed by atoms with Gasteiger partial charge in [-0.15, -0.1) is 0 Å². The standard InChI is InChI=1S/C10H17NOSi/c13-12-9-5-4-8-11-10-6-2-1-3-7-10/h1-3,6-7,11H,4-5,8-9H2,13H3. The van der Waals surface area contributed by atoms with E-state index in [4.69, 9.17) is 4.43 Å². The van der Waals surface area contributed by atoms with Crippen molar-refractivity contribution in [1.29, 1.82) is 0 Å². The topological polar surface area (TPSA) is 21.3 Å². The highest BCUT2D eigenvalue weighted by molar-refractivity contribution is 5.97. The van der Waals surface area contributed by atoms with Crippen molar-refractivity contribution in [2.45, 2.75) is 12.8 Å². The van der Waals surface area contributed by atoms with Crippen molar-refractivity contribution in [2.24, 2.45) is 0 Å². The van der Waals surface area contributed by atoms with E-state index in [9.17, 15) is 0 Å². The molecule has 0 heterocycles. The van der Waals surface area contributed by atoms with Crippen LogP contribution < -0.4 is 5.32 Å². The largest absolute Gasteiger partial charge is 0.428 e. The normalized spacial score (nSPS) is 10.2. The summed E-state index contributed by atoms with van der Waals surface area (Å²) in [5, 5.41) is 3.36. The van der Waals surface area contributed by atoms with E-state index in [2.05, 4.69) is 17.4 Å². The van der Waals surface area contributed by atoms with Gasteiger partial charge in [0.15, 0.2) is 0 Å². The Kier molecular flexibility index (Phi) is 5.29. The second-order valence-electron chi connectivity index (χ2n) is 2.99. The van der Waals surface area contributed by atoms with Crippen LogP contribution in [0.3, 0.4) is 0 Å². The lowest BCUT2D eigenvalue weighted by Crippen LogP contribution is -2.02. The second kappa shape index (κ2) is 6.68. The third-order valence-electron chi connectivity index (χ3n) is 1.88. The van der Waals surface area contributed by atoms with Crippen LogP contribution in [0, 0.1) is 0 Å². The molecule has 0 aromatic heterocycles. The summed E-state index contributed by atoms with van der Waals surface area (Å²) < 4.78 is 5.11. The Labute approximate surface area is 82.8 Å². The number of nitrogens with one attached hydrogen (secondary N) is 1. The molecular formula is C10H17NOSi. The molecule has 0 saturated carbocycles. The Morgan fingerprint density at radius 1 is 1.15 bits per heavy atom. The van der Waals surface area contributed by atoms with Gasteiger partial charge in [-0.25, -0.2) is 0 Å². The van der Waals surface area contributed by atoms with Crippen LogP contribution in [-0.2, 0) is 4.43 Å². The van der Waals surface area contributed by atoms with Gasteiger partial charge in [0, 0.05) is 18.8 Å². The molecule has 0 amide bonds. The van der Waals surface area contributed by atoms with Gasteiger partial charge in [-0.1, -0.05) is 18.2 Å². The molecule has 1 aromatic carbocycles. The maximum absolute atomic E-state index is 5.11. The summed E-state index contributed by atoms with van der Waals surface area (Å²) in [6.07, 6.45) is 2.33. The van der Waals surface area contributed by atoms with E-state index in [1.165, 1.54) is 12.1 Å². The molecule has 1 aromatic rings. The zero-order chi connectivity index (χ0) is 9.36. The Hall–Kier alpha value is -0.803. The lowest BCUT2D eigenvalue weighted by atomic mass is 10.3. The van der Waals surface area contributed by atoms with Crippen molar-refractivity contribution in [1.82, 2.24) is 0 Å². The van der Waals surface area contributed by atoms with Gasteiger partial charge in [0.1, 0.15) is 10.5 Å². The fourth-order valence-electron chi connectivity index (χ4n) is 1.16. The van der Waals surface area contributed by atoms with Crippen molar-refractivity contribution < 1.29 is 4.43 Å². The minimum Gasteiger partial charge on any atom is -0.428 e. The smallest absolute Gasteiger partial charge is 0.145 e.